The summed E-state index contributed by atoms with van der Waals surface area (Å²) in [4.78, 5) is 16.5. The van der Waals surface area contributed by atoms with Crippen molar-refractivity contribution in [1.82, 2.24) is 16.0 Å². The molecule has 29 heavy (non-hydrogen) atoms. The SMILES string of the molecule is CCCCOCCOCCN=C(NCC)NCCNC(=O)c1ccccc1Cl.I. The van der Waals surface area contributed by atoms with Crippen LogP contribution >= 0.6 is 35.6 Å². The van der Waals surface area contributed by atoms with E-state index in [4.69, 9.17) is 21.1 Å². The fraction of sp³-hybridized carbons (Fsp3) is 0.600. The summed E-state index contributed by atoms with van der Waals surface area (Å²) in [6.07, 6.45) is 2.22. The maximum absolute atomic E-state index is 12.1. The van der Waals surface area contributed by atoms with Crippen LogP contribution in [0.4, 0.5) is 0 Å². The molecule has 0 radical (unpaired) electrons. The van der Waals surface area contributed by atoms with Gasteiger partial charge in [-0.1, -0.05) is 37.1 Å². The molecular weight excluding hydrogens is 507 g/mol. The number of hydrogen-bond donors (Lipinski definition) is 3. The van der Waals surface area contributed by atoms with Crippen LogP contribution < -0.4 is 16.0 Å². The Morgan fingerprint density at radius 1 is 1.00 bits per heavy atom. The monoisotopic (exact) mass is 540 g/mol. The molecule has 0 aliphatic rings. The van der Waals surface area contributed by atoms with Gasteiger partial charge in [0.25, 0.3) is 5.91 Å². The molecule has 3 N–H and O–H groups in total. The predicted molar refractivity (Wildman–Crippen MR) is 130 cm³/mol. The number of ether oxygens (including phenoxy) is 2. The van der Waals surface area contributed by atoms with Gasteiger partial charge in [0.05, 0.1) is 37.0 Å². The van der Waals surface area contributed by atoms with Crippen LogP contribution in [0, 0.1) is 0 Å². The molecule has 9 heteroatoms. The predicted octanol–water partition coefficient (Wildman–Crippen LogP) is 3.08. The lowest BCUT2D eigenvalue weighted by Gasteiger charge is -2.12. The van der Waals surface area contributed by atoms with Gasteiger partial charge < -0.3 is 25.4 Å². The number of nitrogens with zero attached hydrogens (tertiary/aromatic N) is 1. The number of guanidine groups is 1. The van der Waals surface area contributed by atoms with Crippen LogP contribution in [-0.4, -0.2) is 64.5 Å². The molecule has 0 heterocycles. The molecule has 0 spiro atoms. The molecule has 0 bridgehead atoms. The average Bonchev–Trinajstić information content (AvgIpc) is 2.70. The Balaban J connectivity index is 0.00000784. The lowest BCUT2D eigenvalue weighted by molar-refractivity contribution is 0.0497. The Bertz CT molecular complexity index is 591. The summed E-state index contributed by atoms with van der Waals surface area (Å²) in [6, 6.07) is 6.98. The summed E-state index contributed by atoms with van der Waals surface area (Å²) < 4.78 is 10.9. The zero-order valence-corrected chi connectivity index (χ0v) is 20.4. The largest absolute Gasteiger partial charge is 0.379 e. The van der Waals surface area contributed by atoms with Crippen LogP contribution in [0.15, 0.2) is 29.3 Å². The third-order valence-corrected chi connectivity index (χ3v) is 4.02. The highest BCUT2D eigenvalue weighted by Crippen LogP contribution is 2.14. The van der Waals surface area contributed by atoms with E-state index in [1.165, 1.54) is 0 Å². The summed E-state index contributed by atoms with van der Waals surface area (Å²) >= 11 is 6.02. The Labute approximate surface area is 196 Å². The van der Waals surface area contributed by atoms with Gasteiger partial charge in [0, 0.05) is 26.2 Å². The average molecular weight is 541 g/mol. The number of aliphatic imine (C=N–C) groups is 1. The fourth-order valence-corrected chi connectivity index (χ4v) is 2.45. The van der Waals surface area contributed by atoms with Crippen LogP contribution in [0.5, 0.6) is 0 Å². The first kappa shape index (κ1) is 27.9. The molecule has 0 aliphatic carbocycles. The molecule has 0 fully saturated rings. The Morgan fingerprint density at radius 3 is 2.38 bits per heavy atom. The molecule has 166 valence electrons. The first-order valence-electron chi connectivity index (χ1n) is 9.89. The second-order valence-electron chi connectivity index (χ2n) is 6.00. The molecule has 0 unspecified atom stereocenters. The van der Waals surface area contributed by atoms with Crippen LogP contribution in [0.2, 0.25) is 5.02 Å². The quantitative estimate of drug-likeness (QED) is 0.146. The lowest BCUT2D eigenvalue weighted by atomic mass is 10.2. The molecule has 0 atom stereocenters. The van der Waals surface area contributed by atoms with Crippen molar-refractivity contribution in [1.29, 1.82) is 0 Å². The van der Waals surface area contributed by atoms with Crippen molar-refractivity contribution in [3.63, 3.8) is 0 Å². The Morgan fingerprint density at radius 2 is 1.69 bits per heavy atom. The zero-order chi connectivity index (χ0) is 20.5. The molecule has 0 saturated carbocycles. The third-order valence-electron chi connectivity index (χ3n) is 3.69. The van der Waals surface area contributed by atoms with Gasteiger partial charge in [-0.2, -0.15) is 0 Å². The number of rotatable bonds is 14. The minimum absolute atomic E-state index is 0. The minimum atomic E-state index is -0.191. The molecule has 7 nitrogen and oxygen atoms in total. The molecule has 1 aromatic carbocycles. The Hall–Kier alpha value is -1.10. The van der Waals surface area contributed by atoms with E-state index in [1.807, 2.05) is 6.92 Å². The van der Waals surface area contributed by atoms with E-state index in [9.17, 15) is 4.79 Å². The molecule has 1 aromatic rings. The number of halogens is 2. The number of nitrogens with one attached hydrogen (secondary N) is 3. The molecular formula is C20H34ClIN4O3. The zero-order valence-electron chi connectivity index (χ0n) is 17.3. The highest BCUT2D eigenvalue weighted by Gasteiger charge is 2.08. The molecule has 0 saturated heterocycles. The molecule has 1 rings (SSSR count). The van der Waals surface area contributed by atoms with Crippen molar-refractivity contribution in [2.45, 2.75) is 26.7 Å². The van der Waals surface area contributed by atoms with Gasteiger partial charge in [0.15, 0.2) is 5.96 Å². The maximum Gasteiger partial charge on any atom is 0.252 e. The van der Waals surface area contributed by atoms with E-state index in [1.54, 1.807) is 24.3 Å². The van der Waals surface area contributed by atoms with E-state index in [2.05, 4.69) is 27.9 Å². The van der Waals surface area contributed by atoms with Gasteiger partial charge in [0.2, 0.25) is 0 Å². The fourth-order valence-electron chi connectivity index (χ4n) is 2.23. The van der Waals surface area contributed by atoms with Gasteiger partial charge in [-0.05, 0) is 25.5 Å². The van der Waals surface area contributed by atoms with Crippen molar-refractivity contribution in [3.8, 4) is 0 Å². The standard InChI is InChI=1S/C20H33ClN4O3.HI/c1-3-5-13-27-15-16-28-14-12-25-20(22-4-2)24-11-10-23-19(26)17-8-6-7-9-18(17)21;/h6-9H,3-5,10-16H2,1-2H3,(H,23,26)(H2,22,24,25);1H. The highest BCUT2D eigenvalue weighted by atomic mass is 127. The first-order chi connectivity index (χ1) is 13.7. The summed E-state index contributed by atoms with van der Waals surface area (Å²) in [6.45, 7) is 8.98. The molecule has 0 aromatic heterocycles. The van der Waals surface area contributed by atoms with Crippen molar-refractivity contribution in [2.24, 2.45) is 4.99 Å². The second kappa shape index (κ2) is 18.9. The van der Waals surface area contributed by atoms with E-state index in [0.29, 0.717) is 56.0 Å². The minimum Gasteiger partial charge on any atom is -0.379 e. The topological polar surface area (TPSA) is 84.0 Å². The summed E-state index contributed by atoms with van der Waals surface area (Å²) in [7, 11) is 0. The van der Waals surface area contributed by atoms with E-state index >= 15 is 0 Å². The lowest BCUT2D eigenvalue weighted by Crippen LogP contribution is -2.41. The smallest absolute Gasteiger partial charge is 0.252 e. The summed E-state index contributed by atoms with van der Waals surface area (Å²) in [5, 5.41) is 9.62. The third kappa shape index (κ3) is 13.7. The van der Waals surface area contributed by atoms with E-state index in [0.717, 1.165) is 26.0 Å². The highest BCUT2D eigenvalue weighted by molar-refractivity contribution is 14.0. The van der Waals surface area contributed by atoms with Crippen LogP contribution in [0.25, 0.3) is 0 Å². The first-order valence-corrected chi connectivity index (χ1v) is 10.3. The van der Waals surface area contributed by atoms with Crippen LogP contribution in [-0.2, 0) is 9.47 Å². The van der Waals surface area contributed by atoms with Gasteiger partial charge in [-0.15, -0.1) is 24.0 Å². The summed E-state index contributed by atoms with van der Waals surface area (Å²) in [5.41, 5.74) is 0.473. The molecule has 0 aliphatic heterocycles. The number of benzene rings is 1. The van der Waals surface area contributed by atoms with Crippen molar-refractivity contribution in [3.05, 3.63) is 34.9 Å². The van der Waals surface area contributed by atoms with Crippen molar-refractivity contribution >= 4 is 47.4 Å². The van der Waals surface area contributed by atoms with Crippen LogP contribution in [0.3, 0.4) is 0 Å². The normalized spacial score (nSPS) is 10.9. The number of hydrogen-bond acceptors (Lipinski definition) is 4. The number of carbonyl (C=O) groups is 1. The van der Waals surface area contributed by atoms with Gasteiger partial charge in [-0.25, -0.2) is 0 Å². The van der Waals surface area contributed by atoms with Crippen LogP contribution in [0.1, 0.15) is 37.0 Å². The van der Waals surface area contributed by atoms with Gasteiger partial charge >= 0.3 is 0 Å². The number of amides is 1. The van der Waals surface area contributed by atoms with Crippen molar-refractivity contribution < 1.29 is 14.3 Å². The van der Waals surface area contributed by atoms with E-state index < -0.39 is 0 Å². The maximum atomic E-state index is 12.1. The van der Waals surface area contributed by atoms with Gasteiger partial charge in [0.1, 0.15) is 0 Å². The Kier molecular flexibility index (Phi) is 18.2. The molecule has 1 amide bonds. The van der Waals surface area contributed by atoms with E-state index in [-0.39, 0.29) is 29.9 Å². The van der Waals surface area contributed by atoms with Crippen molar-refractivity contribution in [2.75, 3.05) is 52.6 Å². The number of unbranched alkanes of at least 4 members (excludes halogenated alkanes) is 1. The second-order valence-corrected chi connectivity index (χ2v) is 6.41. The number of carbonyl (C=O) groups excluding carboxylic acids is 1. The van der Waals surface area contributed by atoms with Gasteiger partial charge in [-0.3, -0.25) is 9.79 Å². The summed E-state index contributed by atoms with van der Waals surface area (Å²) in [5.74, 6) is 0.501.